The zero-order valence-corrected chi connectivity index (χ0v) is 11.5. The van der Waals surface area contributed by atoms with E-state index < -0.39 is 0 Å². The van der Waals surface area contributed by atoms with E-state index in [1.807, 2.05) is 32.5 Å². The van der Waals surface area contributed by atoms with Gasteiger partial charge in [0.2, 0.25) is 5.91 Å². The Labute approximate surface area is 103 Å². The van der Waals surface area contributed by atoms with Crippen LogP contribution >= 0.6 is 0 Å². The van der Waals surface area contributed by atoms with E-state index in [0.29, 0.717) is 6.54 Å². The summed E-state index contributed by atoms with van der Waals surface area (Å²) in [4.78, 5) is 13.3. The molecule has 1 aromatic rings. The van der Waals surface area contributed by atoms with Crippen molar-refractivity contribution in [3.8, 4) is 0 Å². The summed E-state index contributed by atoms with van der Waals surface area (Å²) in [6, 6.07) is -0.177. The van der Waals surface area contributed by atoms with Crippen LogP contribution in [0.25, 0.3) is 0 Å². The van der Waals surface area contributed by atoms with Crippen LogP contribution in [0.1, 0.15) is 23.9 Å². The fraction of sp³-hybridized carbons (Fsp3) is 0.667. The second-order valence-corrected chi connectivity index (χ2v) is 4.61. The van der Waals surface area contributed by atoms with Crippen molar-refractivity contribution in [3.05, 3.63) is 17.0 Å². The van der Waals surface area contributed by atoms with Crippen molar-refractivity contribution in [1.29, 1.82) is 0 Å². The van der Waals surface area contributed by atoms with Crippen LogP contribution in [0.4, 0.5) is 0 Å². The molecule has 1 heterocycles. The molecule has 5 nitrogen and oxygen atoms in total. The van der Waals surface area contributed by atoms with Gasteiger partial charge in [0.15, 0.2) is 0 Å². The summed E-state index contributed by atoms with van der Waals surface area (Å²) < 4.78 is 1.87. The maximum Gasteiger partial charge on any atom is 0.238 e. The van der Waals surface area contributed by atoms with E-state index in [1.54, 1.807) is 19.0 Å². The number of rotatable bonds is 4. The van der Waals surface area contributed by atoms with Crippen LogP contribution in [-0.2, 0) is 18.4 Å². The van der Waals surface area contributed by atoms with Gasteiger partial charge in [0.1, 0.15) is 0 Å². The Morgan fingerprint density at radius 1 is 1.47 bits per heavy atom. The molecule has 0 saturated carbocycles. The second-order valence-electron chi connectivity index (χ2n) is 4.61. The van der Waals surface area contributed by atoms with Crippen molar-refractivity contribution < 1.29 is 4.79 Å². The van der Waals surface area contributed by atoms with E-state index in [0.717, 1.165) is 11.4 Å². The minimum Gasteiger partial charge on any atom is -0.347 e. The lowest BCUT2D eigenvalue weighted by Gasteiger charge is -2.18. The van der Waals surface area contributed by atoms with E-state index in [2.05, 4.69) is 10.4 Å². The van der Waals surface area contributed by atoms with Crippen molar-refractivity contribution in [3.63, 3.8) is 0 Å². The largest absolute Gasteiger partial charge is 0.347 e. The maximum absolute atomic E-state index is 11.7. The van der Waals surface area contributed by atoms with Crippen molar-refractivity contribution in [2.24, 2.45) is 7.05 Å². The number of carbonyl (C=O) groups excluding carboxylic acids is 1. The van der Waals surface area contributed by atoms with Crippen LogP contribution < -0.4 is 5.32 Å². The highest BCUT2D eigenvalue weighted by Crippen LogP contribution is 2.11. The van der Waals surface area contributed by atoms with Crippen molar-refractivity contribution in [2.45, 2.75) is 33.4 Å². The third-order valence-corrected chi connectivity index (χ3v) is 3.06. The van der Waals surface area contributed by atoms with Gasteiger partial charge in [0.25, 0.3) is 0 Å². The quantitative estimate of drug-likeness (QED) is 0.836. The third-order valence-electron chi connectivity index (χ3n) is 3.06. The predicted molar refractivity (Wildman–Crippen MR) is 67.7 cm³/mol. The molecule has 0 aliphatic heterocycles. The number of nitrogens with zero attached hydrogens (tertiary/aromatic N) is 3. The lowest BCUT2D eigenvalue weighted by Crippen LogP contribution is -2.41. The molecule has 0 aliphatic rings. The van der Waals surface area contributed by atoms with Gasteiger partial charge >= 0.3 is 0 Å². The molecule has 0 radical (unpaired) electrons. The number of amides is 1. The van der Waals surface area contributed by atoms with E-state index in [9.17, 15) is 4.79 Å². The van der Waals surface area contributed by atoms with Crippen LogP contribution in [0.5, 0.6) is 0 Å². The molecule has 1 unspecified atom stereocenters. The zero-order chi connectivity index (χ0) is 13.2. The number of nitrogens with one attached hydrogen (secondary N) is 1. The molecule has 96 valence electrons. The monoisotopic (exact) mass is 238 g/mol. The van der Waals surface area contributed by atoms with E-state index in [4.69, 9.17) is 0 Å². The Morgan fingerprint density at radius 2 is 2.06 bits per heavy atom. The molecule has 0 spiro atoms. The standard InChI is InChI=1S/C12H22N4O/c1-8-11(10(3)16(6)14-8)7-13-9(2)12(17)15(4)5/h9,13H,7H2,1-6H3. The molecule has 1 atom stereocenters. The van der Waals surface area contributed by atoms with Gasteiger partial charge in [-0.15, -0.1) is 0 Å². The Bertz CT molecular complexity index is 409. The smallest absolute Gasteiger partial charge is 0.238 e. The molecule has 5 heteroatoms. The first kappa shape index (κ1) is 13.7. The summed E-state index contributed by atoms with van der Waals surface area (Å²) in [7, 11) is 5.46. The number of aryl methyl sites for hydroxylation is 2. The van der Waals surface area contributed by atoms with E-state index in [1.165, 1.54) is 5.56 Å². The summed E-state index contributed by atoms with van der Waals surface area (Å²) >= 11 is 0. The van der Waals surface area contributed by atoms with Gasteiger partial charge in [0, 0.05) is 38.9 Å². The fourth-order valence-corrected chi connectivity index (χ4v) is 1.80. The van der Waals surface area contributed by atoms with Gasteiger partial charge in [0.05, 0.1) is 11.7 Å². The molecular formula is C12H22N4O. The molecule has 0 aliphatic carbocycles. The first-order valence-corrected chi connectivity index (χ1v) is 5.78. The Hall–Kier alpha value is -1.36. The molecular weight excluding hydrogens is 216 g/mol. The summed E-state index contributed by atoms with van der Waals surface area (Å²) in [6.45, 7) is 6.58. The predicted octanol–water partition coefficient (Wildman–Crippen LogP) is 0.603. The van der Waals surface area contributed by atoms with Crippen molar-refractivity contribution >= 4 is 5.91 Å². The molecule has 1 aromatic heterocycles. The number of hydrogen-bond acceptors (Lipinski definition) is 3. The summed E-state index contributed by atoms with van der Waals surface area (Å²) in [5.41, 5.74) is 3.33. The Kier molecular flexibility index (Phi) is 4.28. The number of carbonyl (C=O) groups is 1. The average Bonchev–Trinajstić information content (AvgIpc) is 2.49. The minimum absolute atomic E-state index is 0.0872. The summed E-state index contributed by atoms with van der Waals surface area (Å²) in [5.74, 6) is 0.0872. The van der Waals surface area contributed by atoms with Gasteiger partial charge in [-0.3, -0.25) is 9.48 Å². The maximum atomic E-state index is 11.7. The van der Waals surface area contributed by atoms with E-state index >= 15 is 0 Å². The lowest BCUT2D eigenvalue weighted by molar-refractivity contribution is -0.130. The topological polar surface area (TPSA) is 50.2 Å². The minimum atomic E-state index is -0.177. The molecule has 0 fully saturated rings. The normalized spacial score (nSPS) is 12.6. The highest BCUT2D eigenvalue weighted by Gasteiger charge is 2.16. The van der Waals surface area contributed by atoms with Crippen LogP contribution in [0.3, 0.4) is 0 Å². The summed E-state index contributed by atoms with van der Waals surface area (Å²) in [6.07, 6.45) is 0. The van der Waals surface area contributed by atoms with Crippen LogP contribution in [0, 0.1) is 13.8 Å². The van der Waals surface area contributed by atoms with Crippen LogP contribution in [-0.4, -0.2) is 40.7 Å². The van der Waals surface area contributed by atoms with Crippen LogP contribution in [0.2, 0.25) is 0 Å². The third kappa shape index (κ3) is 3.06. The number of hydrogen-bond donors (Lipinski definition) is 1. The fourth-order valence-electron chi connectivity index (χ4n) is 1.80. The van der Waals surface area contributed by atoms with Gasteiger partial charge in [-0.05, 0) is 20.8 Å². The highest BCUT2D eigenvalue weighted by molar-refractivity contribution is 5.80. The highest BCUT2D eigenvalue weighted by atomic mass is 16.2. The van der Waals surface area contributed by atoms with Crippen LogP contribution in [0.15, 0.2) is 0 Å². The SMILES string of the molecule is Cc1nn(C)c(C)c1CNC(C)C(=O)N(C)C. The first-order chi connectivity index (χ1) is 7.84. The van der Waals surface area contributed by atoms with Crippen molar-refractivity contribution in [1.82, 2.24) is 20.0 Å². The molecule has 1 rings (SSSR count). The van der Waals surface area contributed by atoms with Gasteiger partial charge < -0.3 is 10.2 Å². The molecule has 17 heavy (non-hydrogen) atoms. The first-order valence-electron chi connectivity index (χ1n) is 5.78. The van der Waals surface area contributed by atoms with E-state index in [-0.39, 0.29) is 11.9 Å². The zero-order valence-electron chi connectivity index (χ0n) is 11.5. The Balaban J connectivity index is 2.65. The number of likely N-dealkylation sites (N-methyl/N-ethyl adjacent to an activating group) is 1. The van der Waals surface area contributed by atoms with Gasteiger partial charge in [-0.2, -0.15) is 5.10 Å². The molecule has 0 aromatic carbocycles. The average molecular weight is 238 g/mol. The lowest BCUT2D eigenvalue weighted by atomic mass is 10.2. The van der Waals surface area contributed by atoms with Gasteiger partial charge in [-0.25, -0.2) is 0 Å². The molecule has 1 amide bonds. The molecule has 0 saturated heterocycles. The number of aromatic nitrogens is 2. The molecule has 0 bridgehead atoms. The second kappa shape index (κ2) is 5.31. The van der Waals surface area contributed by atoms with Gasteiger partial charge in [-0.1, -0.05) is 0 Å². The Morgan fingerprint density at radius 3 is 2.47 bits per heavy atom. The summed E-state index contributed by atoms with van der Waals surface area (Å²) in [5, 5.41) is 7.58. The molecule has 1 N–H and O–H groups in total. The van der Waals surface area contributed by atoms with Crippen molar-refractivity contribution in [2.75, 3.05) is 14.1 Å².